The Morgan fingerprint density at radius 3 is 2.36 bits per heavy atom. The third kappa shape index (κ3) is 11.2. The lowest BCUT2D eigenvalue weighted by Crippen LogP contribution is -2.44. The fraction of sp³-hybridized carbons (Fsp3) is 0.765. The van der Waals surface area contributed by atoms with E-state index in [9.17, 15) is 9.59 Å². The van der Waals surface area contributed by atoms with E-state index in [1.54, 1.807) is 27.7 Å². The molecular weight excluding hydrogens is 282 g/mol. The number of carbonyl (C=O) groups is 2. The van der Waals surface area contributed by atoms with Gasteiger partial charge >= 0.3 is 12.1 Å². The predicted molar refractivity (Wildman–Crippen MR) is 87.7 cm³/mol. The van der Waals surface area contributed by atoms with E-state index in [4.69, 9.17) is 9.47 Å². The molecule has 0 rings (SSSR count). The molecule has 1 N–H and O–H groups in total. The van der Waals surface area contributed by atoms with Gasteiger partial charge in [-0.25, -0.2) is 9.59 Å². The smallest absolute Gasteiger partial charge is 0.408 e. The summed E-state index contributed by atoms with van der Waals surface area (Å²) in [6.07, 6.45) is 6.96. The number of allylic oxidation sites excluding steroid dienone is 1. The first-order chi connectivity index (χ1) is 10.3. The lowest BCUT2D eigenvalue weighted by Gasteiger charge is -2.22. The maximum atomic E-state index is 11.9. The lowest BCUT2D eigenvalue weighted by atomic mass is 10.1. The van der Waals surface area contributed by atoms with Crippen molar-refractivity contribution < 1.29 is 19.1 Å². The second kappa shape index (κ2) is 11.1. The highest BCUT2D eigenvalue weighted by Crippen LogP contribution is 2.11. The molecule has 128 valence electrons. The Labute approximate surface area is 134 Å². The fourth-order valence-electron chi connectivity index (χ4n) is 1.93. The number of nitrogens with one attached hydrogen (secondary N) is 1. The van der Waals surface area contributed by atoms with E-state index < -0.39 is 23.7 Å². The molecule has 0 aliphatic carbocycles. The van der Waals surface area contributed by atoms with Gasteiger partial charge in [-0.1, -0.05) is 25.3 Å². The minimum atomic E-state index is -0.644. The van der Waals surface area contributed by atoms with Gasteiger partial charge in [-0.15, -0.1) is 6.58 Å². The number of esters is 1. The van der Waals surface area contributed by atoms with E-state index in [2.05, 4.69) is 11.9 Å². The van der Waals surface area contributed by atoms with Gasteiger partial charge in [-0.2, -0.15) is 0 Å². The van der Waals surface area contributed by atoms with Crippen LogP contribution < -0.4 is 5.32 Å². The van der Waals surface area contributed by atoms with E-state index in [1.165, 1.54) is 0 Å². The quantitative estimate of drug-likeness (QED) is 0.376. The number of alkyl carbamates (subject to hydrolysis) is 1. The Morgan fingerprint density at radius 1 is 1.18 bits per heavy atom. The average Bonchev–Trinajstić information content (AvgIpc) is 2.39. The summed E-state index contributed by atoms with van der Waals surface area (Å²) in [5.41, 5.74) is -0.589. The van der Waals surface area contributed by atoms with Crippen LogP contribution in [-0.4, -0.2) is 30.3 Å². The Balaban J connectivity index is 4.29. The van der Waals surface area contributed by atoms with E-state index >= 15 is 0 Å². The molecule has 1 amide bonds. The molecule has 0 aromatic carbocycles. The summed E-state index contributed by atoms with van der Waals surface area (Å²) in [6, 6.07) is -0.644. The van der Waals surface area contributed by atoms with Crippen molar-refractivity contribution >= 4 is 12.1 Å². The fourth-order valence-corrected chi connectivity index (χ4v) is 1.93. The average molecular weight is 313 g/mol. The minimum Gasteiger partial charge on any atom is -0.464 e. The molecule has 0 radical (unpaired) electrons. The number of carbonyl (C=O) groups excluding carboxylic acids is 2. The normalized spacial score (nSPS) is 12.4. The predicted octanol–water partition coefficient (Wildman–Crippen LogP) is 3.97. The molecule has 22 heavy (non-hydrogen) atoms. The van der Waals surface area contributed by atoms with Crippen molar-refractivity contribution in [3.63, 3.8) is 0 Å². The Bertz CT molecular complexity index is 347. The van der Waals surface area contributed by atoms with Crippen LogP contribution in [0.25, 0.3) is 0 Å². The molecule has 5 nitrogen and oxygen atoms in total. The number of ether oxygens (including phenoxy) is 2. The van der Waals surface area contributed by atoms with Crippen LogP contribution in [0.4, 0.5) is 4.79 Å². The molecular formula is C17H31NO4. The summed E-state index contributed by atoms with van der Waals surface area (Å²) in [4.78, 5) is 23.7. The van der Waals surface area contributed by atoms with E-state index in [1.807, 2.05) is 6.08 Å². The molecule has 0 aromatic heterocycles. The molecule has 0 heterocycles. The monoisotopic (exact) mass is 313 g/mol. The largest absolute Gasteiger partial charge is 0.464 e. The Kier molecular flexibility index (Phi) is 10.3. The topological polar surface area (TPSA) is 64.6 Å². The molecule has 0 fully saturated rings. The summed E-state index contributed by atoms with van der Waals surface area (Å²) < 4.78 is 10.2. The molecule has 0 aliphatic heterocycles. The molecule has 0 bridgehead atoms. The van der Waals surface area contributed by atoms with Crippen LogP contribution in [0.2, 0.25) is 0 Å². The van der Waals surface area contributed by atoms with Crippen LogP contribution >= 0.6 is 0 Å². The van der Waals surface area contributed by atoms with Gasteiger partial charge < -0.3 is 14.8 Å². The number of amides is 1. The molecule has 0 aromatic rings. The van der Waals surface area contributed by atoms with E-state index in [-0.39, 0.29) is 0 Å². The molecule has 0 saturated heterocycles. The summed E-state index contributed by atoms with van der Waals surface area (Å²) in [5.74, 6) is -0.403. The van der Waals surface area contributed by atoms with Crippen LogP contribution in [0.3, 0.4) is 0 Å². The minimum absolute atomic E-state index is 0.296. The van der Waals surface area contributed by atoms with Gasteiger partial charge in [0.2, 0.25) is 0 Å². The molecule has 5 heteroatoms. The summed E-state index contributed by atoms with van der Waals surface area (Å²) in [6.45, 7) is 11.1. The highest BCUT2D eigenvalue weighted by Gasteiger charge is 2.24. The molecule has 1 atom stereocenters. The highest BCUT2D eigenvalue weighted by atomic mass is 16.6. The van der Waals surface area contributed by atoms with Crippen molar-refractivity contribution in [2.75, 3.05) is 6.61 Å². The van der Waals surface area contributed by atoms with Gasteiger partial charge in [0.05, 0.1) is 6.61 Å². The summed E-state index contributed by atoms with van der Waals surface area (Å²) in [7, 11) is 0. The molecule has 0 saturated carbocycles. The zero-order chi connectivity index (χ0) is 17.0. The van der Waals surface area contributed by atoms with Gasteiger partial charge in [0.1, 0.15) is 11.6 Å². The maximum absolute atomic E-state index is 11.9. The standard InChI is InChI=1S/C17H31NO4/c1-6-8-9-10-11-12-13-14(15(19)21-7-2)18-16(20)22-17(3,4)5/h6,14H,1,7-13H2,2-5H3,(H,18,20). The highest BCUT2D eigenvalue weighted by molar-refractivity contribution is 5.81. The van der Waals surface area contributed by atoms with Crippen molar-refractivity contribution in [2.45, 2.75) is 77.9 Å². The second-order valence-corrected chi connectivity index (χ2v) is 6.23. The van der Waals surface area contributed by atoms with E-state index in [0.29, 0.717) is 13.0 Å². The zero-order valence-electron chi connectivity index (χ0n) is 14.4. The van der Waals surface area contributed by atoms with Crippen LogP contribution in [0.1, 0.15) is 66.2 Å². The van der Waals surface area contributed by atoms with Gasteiger partial charge in [0.15, 0.2) is 0 Å². The van der Waals surface area contributed by atoms with Gasteiger partial charge in [0.25, 0.3) is 0 Å². The first kappa shape index (κ1) is 20.5. The molecule has 0 aliphatic rings. The van der Waals surface area contributed by atoms with Crippen LogP contribution in [0.15, 0.2) is 12.7 Å². The molecule has 1 unspecified atom stereocenters. The Hall–Kier alpha value is -1.52. The number of unbranched alkanes of at least 4 members (excludes halogenated alkanes) is 4. The van der Waals surface area contributed by atoms with Gasteiger partial charge in [0, 0.05) is 0 Å². The van der Waals surface area contributed by atoms with Crippen LogP contribution in [0, 0.1) is 0 Å². The number of hydrogen-bond donors (Lipinski definition) is 1. The summed E-state index contributed by atoms with van der Waals surface area (Å²) >= 11 is 0. The van der Waals surface area contributed by atoms with Crippen molar-refractivity contribution in [3.8, 4) is 0 Å². The maximum Gasteiger partial charge on any atom is 0.408 e. The first-order valence-electron chi connectivity index (χ1n) is 8.07. The third-order valence-electron chi connectivity index (χ3n) is 2.91. The van der Waals surface area contributed by atoms with Gasteiger partial charge in [-0.3, -0.25) is 0 Å². The lowest BCUT2D eigenvalue weighted by molar-refractivity contribution is -0.145. The summed E-state index contributed by atoms with van der Waals surface area (Å²) in [5, 5.41) is 2.61. The van der Waals surface area contributed by atoms with Crippen molar-refractivity contribution in [1.82, 2.24) is 5.32 Å². The zero-order valence-corrected chi connectivity index (χ0v) is 14.4. The number of hydrogen-bond acceptors (Lipinski definition) is 4. The van der Waals surface area contributed by atoms with Crippen molar-refractivity contribution in [2.24, 2.45) is 0 Å². The number of rotatable bonds is 10. The Morgan fingerprint density at radius 2 is 1.82 bits per heavy atom. The SMILES string of the molecule is C=CCCCCCCC(NC(=O)OC(C)(C)C)C(=O)OCC. The third-order valence-corrected chi connectivity index (χ3v) is 2.91. The van der Waals surface area contributed by atoms with Crippen LogP contribution in [-0.2, 0) is 14.3 Å². The van der Waals surface area contributed by atoms with Gasteiger partial charge in [-0.05, 0) is 47.0 Å². The molecule has 0 spiro atoms. The second-order valence-electron chi connectivity index (χ2n) is 6.23. The first-order valence-corrected chi connectivity index (χ1v) is 8.07. The van der Waals surface area contributed by atoms with Crippen LogP contribution in [0.5, 0.6) is 0 Å². The van der Waals surface area contributed by atoms with Crippen molar-refractivity contribution in [1.29, 1.82) is 0 Å². The van der Waals surface area contributed by atoms with Crippen molar-refractivity contribution in [3.05, 3.63) is 12.7 Å². The van der Waals surface area contributed by atoms with E-state index in [0.717, 1.165) is 32.1 Å².